The summed E-state index contributed by atoms with van der Waals surface area (Å²) in [6, 6.07) is 8.42. The van der Waals surface area contributed by atoms with E-state index >= 15 is 0 Å². The second-order valence-electron chi connectivity index (χ2n) is 4.67. The molecule has 0 aliphatic rings. The van der Waals surface area contributed by atoms with Crippen LogP contribution in [0.4, 0.5) is 5.69 Å². The molecule has 1 rings (SSSR count). The normalized spacial score (nSPS) is 10.5. The number of hydrogen-bond acceptors (Lipinski definition) is 2. The fraction of sp³-hybridized carbons (Fsp3) is 0.600. The smallest absolute Gasteiger partial charge is 0.0409 e. The minimum atomic E-state index is 0.621. The van der Waals surface area contributed by atoms with Crippen molar-refractivity contribution < 1.29 is 0 Å². The number of anilines is 1. The number of hydrogen-bond donors (Lipinski definition) is 1. The molecule has 2 heteroatoms. The Labute approximate surface area is 106 Å². The molecule has 0 aromatic heterocycles. The van der Waals surface area contributed by atoms with Crippen molar-refractivity contribution in [3.05, 3.63) is 29.8 Å². The summed E-state index contributed by atoms with van der Waals surface area (Å²) in [5.41, 5.74) is 8.28. The molecule has 0 aliphatic carbocycles. The molecule has 2 N–H and O–H groups in total. The number of unbranched alkanes of at least 4 members (excludes halogenated alkanes) is 4. The van der Waals surface area contributed by atoms with Gasteiger partial charge in [0.15, 0.2) is 0 Å². The van der Waals surface area contributed by atoms with Crippen molar-refractivity contribution in [1.82, 2.24) is 0 Å². The van der Waals surface area contributed by atoms with Gasteiger partial charge in [-0.15, -0.1) is 0 Å². The number of para-hydroxylation sites is 1. The van der Waals surface area contributed by atoms with Crippen LogP contribution in [0.2, 0.25) is 0 Å². The molecular formula is C15H26N2. The second-order valence-corrected chi connectivity index (χ2v) is 4.67. The van der Waals surface area contributed by atoms with Gasteiger partial charge in [0.2, 0.25) is 0 Å². The Morgan fingerprint density at radius 1 is 1.06 bits per heavy atom. The molecule has 17 heavy (non-hydrogen) atoms. The van der Waals surface area contributed by atoms with Crippen LogP contribution in [0.1, 0.15) is 44.6 Å². The summed E-state index contributed by atoms with van der Waals surface area (Å²) in [6.45, 7) is 4.00. The van der Waals surface area contributed by atoms with Crippen molar-refractivity contribution in [2.24, 2.45) is 5.73 Å². The van der Waals surface area contributed by atoms with Crippen LogP contribution >= 0.6 is 0 Å². The predicted molar refractivity (Wildman–Crippen MR) is 76.4 cm³/mol. The first-order valence-corrected chi connectivity index (χ1v) is 6.78. The van der Waals surface area contributed by atoms with E-state index in [1.165, 1.54) is 43.4 Å². The Morgan fingerprint density at radius 3 is 2.47 bits per heavy atom. The van der Waals surface area contributed by atoms with E-state index in [-0.39, 0.29) is 0 Å². The first-order chi connectivity index (χ1) is 8.29. The Morgan fingerprint density at radius 2 is 1.76 bits per heavy atom. The molecule has 0 unspecified atom stereocenters. The SMILES string of the molecule is CCCCCCCN(C)c1ccccc1CN. The molecule has 96 valence electrons. The van der Waals surface area contributed by atoms with Crippen LogP contribution in [-0.4, -0.2) is 13.6 Å². The molecule has 0 fully saturated rings. The molecule has 0 atom stereocenters. The number of nitrogens with two attached hydrogens (primary N) is 1. The Kier molecular flexibility index (Phi) is 6.71. The van der Waals surface area contributed by atoms with E-state index in [4.69, 9.17) is 5.73 Å². The fourth-order valence-electron chi connectivity index (χ4n) is 2.13. The summed E-state index contributed by atoms with van der Waals surface area (Å²) in [5.74, 6) is 0. The second kappa shape index (κ2) is 8.13. The molecule has 0 aliphatic heterocycles. The summed E-state index contributed by atoms with van der Waals surface area (Å²) >= 11 is 0. The summed E-state index contributed by atoms with van der Waals surface area (Å²) in [4.78, 5) is 2.33. The first kappa shape index (κ1) is 14.0. The maximum atomic E-state index is 5.76. The Bertz CT molecular complexity index is 310. The Balaban J connectivity index is 2.38. The third-order valence-electron chi connectivity index (χ3n) is 3.22. The molecule has 0 spiro atoms. The molecule has 0 saturated heterocycles. The van der Waals surface area contributed by atoms with Gasteiger partial charge >= 0.3 is 0 Å². The van der Waals surface area contributed by atoms with Gasteiger partial charge in [-0.3, -0.25) is 0 Å². The first-order valence-electron chi connectivity index (χ1n) is 6.78. The van der Waals surface area contributed by atoms with Gasteiger partial charge < -0.3 is 10.6 Å². The van der Waals surface area contributed by atoms with Crippen molar-refractivity contribution in [2.75, 3.05) is 18.5 Å². The minimum Gasteiger partial charge on any atom is -0.374 e. The molecule has 0 saturated carbocycles. The maximum absolute atomic E-state index is 5.76. The zero-order valence-corrected chi connectivity index (χ0v) is 11.3. The summed E-state index contributed by atoms with van der Waals surface area (Å²) in [7, 11) is 2.16. The molecule has 2 nitrogen and oxygen atoms in total. The summed E-state index contributed by atoms with van der Waals surface area (Å²) < 4.78 is 0. The van der Waals surface area contributed by atoms with E-state index in [0.717, 1.165) is 6.54 Å². The number of rotatable bonds is 8. The van der Waals surface area contributed by atoms with Gasteiger partial charge in [-0.1, -0.05) is 50.8 Å². The van der Waals surface area contributed by atoms with Crippen LogP contribution in [0.15, 0.2) is 24.3 Å². The third-order valence-corrected chi connectivity index (χ3v) is 3.22. The highest BCUT2D eigenvalue weighted by atomic mass is 15.1. The van der Waals surface area contributed by atoms with Gasteiger partial charge in [0.05, 0.1) is 0 Å². The van der Waals surface area contributed by atoms with Crippen LogP contribution in [0.25, 0.3) is 0 Å². The lowest BCUT2D eigenvalue weighted by Gasteiger charge is -2.22. The Hall–Kier alpha value is -1.02. The molecule has 0 heterocycles. The lowest BCUT2D eigenvalue weighted by atomic mass is 10.1. The van der Waals surface area contributed by atoms with Gasteiger partial charge in [0.1, 0.15) is 0 Å². The number of benzene rings is 1. The van der Waals surface area contributed by atoms with Crippen molar-refractivity contribution in [3.8, 4) is 0 Å². The zero-order chi connectivity index (χ0) is 12.5. The van der Waals surface area contributed by atoms with E-state index in [9.17, 15) is 0 Å². The topological polar surface area (TPSA) is 29.3 Å². The lowest BCUT2D eigenvalue weighted by Crippen LogP contribution is -2.20. The summed E-state index contributed by atoms with van der Waals surface area (Å²) in [5, 5.41) is 0. The third kappa shape index (κ3) is 4.78. The molecule has 1 aromatic rings. The van der Waals surface area contributed by atoms with Gasteiger partial charge in [0, 0.05) is 25.8 Å². The van der Waals surface area contributed by atoms with Gasteiger partial charge in [-0.2, -0.15) is 0 Å². The van der Waals surface area contributed by atoms with Crippen molar-refractivity contribution >= 4 is 5.69 Å². The van der Waals surface area contributed by atoms with E-state index in [0.29, 0.717) is 6.54 Å². The zero-order valence-electron chi connectivity index (χ0n) is 11.3. The quantitative estimate of drug-likeness (QED) is 0.697. The van der Waals surface area contributed by atoms with Crippen molar-refractivity contribution in [2.45, 2.75) is 45.6 Å². The highest BCUT2D eigenvalue weighted by molar-refractivity contribution is 5.52. The van der Waals surface area contributed by atoms with Crippen LogP contribution in [0, 0.1) is 0 Å². The maximum Gasteiger partial charge on any atom is 0.0409 e. The van der Waals surface area contributed by atoms with Crippen LogP contribution in [-0.2, 0) is 6.54 Å². The van der Waals surface area contributed by atoms with E-state index in [1.807, 2.05) is 0 Å². The van der Waals surface area contributed by atoms with Gasteiger partial charge in [-0.05, 0) is 18.1 Å². The van der Waals surface area contributed by atoms with E-state index in [2.05, 4.69) is 43.1 Å². The molecule has 0 amide bonds. The average molecular weight is 234 g/mol. The minimum absolute atomic E-state index is 0.621. The molecule has 0 bridgehead atoms. The molecule has 0 radical (unpaired) electrons. The summed E-state index contributed by atoms with van der Waals surface area (Å²) in [6.07, 6.45) is 6.65. The number of nitrogens with zero attached hydrogens (tertiary/aromatic N) is 1. The fourth-order valence-corrected chi connectivity index (χ4v) is 2.13. The van der Waals surface area contributed by atoms with Gasteiger partial charge in [-0.25, -0.2) is 0 Å². The van der Waals surface area contributed by atoms with Gasteiger partial charge in [0.25, 0.3) is 0 Å². The highest BCUT2D eigenvalue weighted by Gasteiger charge is 2.04. The van der Waals surface area contributed by atoms with Crippen LogP contribution in [0.3, 0.4) is 0 Å². The van der Waals surface area contributed by atoms with Crippen molar-refractivity contribution in [3.63, 3.8) is 0 Å². The largest absolute Gasteiger partial charge is 0.374 e. The van der Waals surface area contributed by atoms with E-state index in [1.54, 1.807) is 0 Å². The lowest BCUT2D eigenvalue weighted by molar-refractivity contribution is 0.629. The average Bonchev–Trinajstić information content (AvgIpc) is 2.38. The van der Waals surface area contributed by atoms with E-state index < -0.39 is 0 Å². The van der Waals surface area contributed by atoms with Crippen molar-refractivity contribution in [1.29, 1.82) is 0 Å². The predicted octanol–water partition coefficient (Wildman–Crippen LogP) is 3.55. The molecule has 1 aromatic carbocycles. The standard InChI is InChI=1S/C15H26N2/c1-3-4-5-6-9-12-17(2)15-11-8-7-10-14(15)13-16/h7-8,10-11H,3-6,9,12-13,16H2,1-2H3. The monoisotopic (exact) mass is 234 g/mol. The molecular weight excluding hydrogens is 208 g/mol. The van der Waals surface area contributed by atoms with Crippen LogP contribution < -0.4 is 10.6 Å². The van der Waals surface area contributed by atoms with Crippen LogP contribution in [0.5, 0.6) is 0 Å². The highest BCUT2D eigenvalue weighted by Crippen LogP contribution is 2.19.